The molecule has 2 aromatic rings. The largest absolute Gasteiger partial charge is 0.373 e. The van der Waals surface area contributed by atoms with Gasteiger partial charge in [-0.3, -0.25) is 0 Å². The normalized spacial score (nSPS) is 12.1. The first-order chi connectivity index (χ1) is 9.51. The summed E-state index contributed by atoms with van der Waals surface area (Å²) in [4.78, 5) is 8.87. The Hall–Kier alpha value is -1.62. The molecular weight excluding hydrogens is 316 g/mol. The van der Waals surface area contributed by atoms with Crippen LogP contribution in [-0.4, -0.2) is 17.0 Å². The van der Waals surface area contributed by atoms with E-state index >= 15 is 0 Å². The van der Waals surface area contributed by atoms with Gasteiger partial charge in [-0.1, -0.05) is 28.1 Å². The Balaban J connectivity index is 2.28. The summed E-state index contributed by atoms with van der Waals surface area (Å²) in [5, 5.41) is 6.56. The van der Waals surface area contributed by atoms with E-state index in [0.717, 1.165) is 27.5 Å². The molecule has 0 fully saturated rings. The molecule has 20 heavy (non-hydrogen) atoms. The van der Waals surface area contributed by atoms with Gasteiger partial charge in [0, 0.05) is 23.1 Å². The summed E-state index contributed by atoms with van der Waals surface area (Å²) < 4.78 is 1.08. The van der Waals surface area contributed by atoms with Crippen molar-refractivity contribution in [2.45, 2.75) is 26.8 Å². The number of aryl methyl sites for hydroxylation is 1. The molecule has 1 heterocycles. The highest BCUT2D eigenvalue weighted by Crippen LogP contribution is 2.25. The first-order valence-electron chi connectivity index (χ1n) is 6.56. The van der Waals surface area contributed by atoms with Crippen LogP contribution in [0.3, 0.4) is 0 Å². The second kappa shape index (κ2) is 6.22. The Kier molecular flexibility index (Phi) is 4.60. The van der Waals surface area contributed by atoms with E-state index in [9.17, 15) is 0 Å². The minimum Gasteiger partial charge on any atom is -0.373 e. The number of nitrogens with one attached hydrogen (secondary N) is 2. The fourth-order valence-electron chi connectivity index (χ4n) is 2.08. The van der Waals surface area contributed by atoms with Gasteiger partial charge in [0.05, 0.1) is 0 Å². The number of aromatic nitrogens is 2. The summed E-state index contributed by atoms with van der Waals surface area (Å²) in [5.41, 5.74) is 2.24. The van der Waals surface area contributed by atoms with E-state index in [0.29, 0.717) is 0 Å². The van der Waals surface area contributed by atoms with Crippen LogP contribution in [0.4, 0.5) is 11.6 Å². The van der Waals surface area contributed by atoms with Crippen LogP contribution in [0.25, 0.3) is 0 Å². The lowest BCUT2D eigenvalue weighted by Gasteiger charge is -2.18. The molecule has 5 heteroatoms. The highest BCUT2D eigenvalue weighted by molar-refractivity contribution is 9.10. The third kappa shape index (κ3) is 3.28. The zero-order valence-electron chi connectivity index (χ0n) is 12.2. The molecule has 0 amide bonds. The minimum atomic E-state index is 0.171. The van der Waals surface area contributed by atoms with E-state index in [-0.39, 0.29) is 6.04 Å². The predicted molar refractivity (Wildman–Crippen MR) is 87.2 cm³/mol. The standard InChI is InChI=1S/C15H19BrN4/c1-9-14(17-4)19-11(3)20-15(9)18-10(2)12-6-5-7-13(16)8-12/h5-8,10H,1-4H3,(H2,17,18,19,20). The van der Waals surface area contributed by atoms with Gasteiger partial charge in [0.2, 0.25) is 0 Å². The fourth-order valence-corrected chi connectivity index (χ4v) is 2.49. The molecular formula is C15H19BrN4. The van der Waals surface area contributed by atoms with Crippen molar-refractivity contribution in [3.8, 4) is 0 Å². The van der Waals surface area contributed by atoms with E-state index < -0.39 is 0 Å². The number of benzene rings is 1. The van der Waals surface area contributed by atoms with Gasteiger partial charge in [0.25, 0.3) is 0 Å². The molecule has 0 aliphatic heterocycles. The molecule has 4 nitrogen and oxygen atoms in total. The summed E-state index contributed by atoms with van der Waals surface area (Å²) in [6.07, 6.45) is 0. The molecule has 0 saturated heterocycles. The SMILES string of the molecule is CNc1nc(C)nc(NC(C)c2cccc(Br)c2)c1C. The molecule has 1 aromatic heterocycles. The zero-order valence-corrected chi connectivity index (χ0v) is 13.7. The summed E-state index contributed by atoms with van der Waals surface area (Å²) in [6, 6.07) is 8.44. The molecule has 0 radical (unpaired) electrons. The number of anilines is 2. The molecule has 0 aliphatic rings. The lowest BCUT2D eigenvalue weighted by molar-refractivity contribution is 0.862. The van der Waals surface area contributed by atoms with Crippen molar-refractivity contribution in [3.05, 3.63) is 45.7 Å². The minimum absolute atomic E-state index is 0.171. The monoisotopic (exact) mass is 334 g/mol. The topological polar surface area (TPSA) is 49.8 Å². The van der Waals surface area contributed by atoms with Crippen LogP contribution in [0.15, 0.2) is 28.7 Å². The van der Waals surface area contributed by atoms with Gasteiger partial charge < -0.3 is 10.6 Å². The Morgan fingerprint density at radius 1 is 1.15 bits per heavy atom. The maximum absolute atomic E-state index is 4.50. The van der Waals surface area contributed by atoms with Gasteiger partial charge in [0.1, 0.15) is 17.5 Å². The van der Waals surface area contributed by atoms with Crippen LogP contribution in [0.1, 0.15) is 29.9 Å². The van der Waals surface area contributed by atoms with Crippen molar-refractivity contribution in [2.75, 3.05) is 17.7 Å². The molecule has 1 atom stereocenters. The molecule has 1 unspecified atom stereocenters. The number of hydrogen-bond donors (Lipinski definition) is 2. The van der Waals surface area contributed by atoms with Gasteiger partial charge >= 0.3 is 0 Å². The van der Waals surface area contributed by atoms with Crippen LogP contribution in [0, 0.1) is 13.8 Å². The second-order valence-electron chi connectivity index (χ2n) is 4.76. The average Bonchev–Trinajstić information content (AvgIpc) is 2.42. The second-order valence-corrected chi connectivity index (χ2v) is 5.68. The smallest absolute Gasteiger partial charge is 0.135 e. The molecule has 106 valence electrons. The fraction of sp³-hybridized carbons (Fsp3) is 0.333. The number of hydrogen-bond acceptors (Lipinski definition) is 4. The Labute approximate surface area is 128 Å². The number of halogens is 1. The first-order valence-corrected chi connectivity index (χ1v) is 7.35. The van der Waals surface area contributed by atoms with Crippen molar-refractivity contribution in [3.63, 3.8) is 0 Å². The van der Waals surface area contributed by atoms with Crippen LogP contribution < -0.4 is 10.6 Å². The van der Waals surface area contributed by atoms with E-state index in [2.05, 4.69) is 55.6 Å². The molecule has 0 saturated carbocycles. The molecule has 0 spiro atoms. The van der Waals surface area contributed by atoms with E-state index in [1.807, 2.05) is 33.0 Å². The maximum Gasteiger partial charge on any atom is 0.135 e. The van der Waals surface area contributed by atoms with Gasteiger partial charge in [0.15, 0.2) is 0 Å². The van der Waals surface area contributed by atoms with Crippen LogP contribution in [0.2, 0.25) is 0 Å². The Morgan fingerprint density at radius 3 is 2.50 bits per heavy atom. The maximum atomic E-state index is 4.50. The lowest BCUT2D eigenvalue weighted by Crippen LogP contribution is -2.12. The van der Waals surface area contributed by atoms with Crippen molar-refractivity contribution >= 4 is 27.6 Å². The third-order valence-corrected chi connectivity index (χ3v) is 3.69. The van der Waals surface area contributed by atoms with Crippen LogP contribution in [0.5, 0.6) is 0 Å². The first kappa shape index (κ1) is 14.8. The number of rotatable bonds is 4. The summed E-state index contributed by atoms with van der Waals surface area (Å²) >= 11 is 3.50. The molecule has 2 rings (SSSR count). The Morgan fingerprint density at radius 2 is 1.85 bits per heavy atom. The van der Waals surface area contributed by atoms with Crippen molar-refractivity contribution < 1.29 is 0 Å². The molecule has 2 N–H and O–H groups in total. The molecule has 1 aromatic carbocycles. The third-order valence-electron chi connectivity index (χ3n) is 3.20. The molecule has 0 aliphatic carbocycles. The van der Waals surface area contributed by atoms with E-state index in [1.165, 1.54) is 5.56 Å². The van der Waals surface area contributed by atoms with Crippen molar-refractivity contribution in [1.29, 1.82) is 0 Å². The van der Waals surface area contributed by atoms with E-state index in [4.69, 9.17) is 0 Å². The van der Waals surface area contributed by atoms with Gasteiger partial charge in [-0.05, 0) is 38.5 Å². The zero-order chi connectivity index (χ0) is 14.7. The van der Waals surface area contributed by atoms with Crippen LogP contribution >= 0.6 is 15.9 Å². The van der Waals surface area contributed by atoms with Crippen molar-refractivity contribution in [2.24, 2.45) is 0 Å². The highest BCUT2D eigenvalue weighted by atomic mass is 79.9. The van der Waals surface area contributed by atoms with Gasteiger partial charge in [-0.25, -0.2) is 9.97 Å². The summed E-state index contributed by atoms with van der Waals surface area (Å²) in [5.74, 6) is 2.49. The number of nitrogens with zero attached hydrogens (tertiary/aromatic N) is 2. The summed E-state index contributed by atoms with van der Waals surface area (Å²) in [6.45, 7) is 6.04. The summed E-state index contributed by atoms with van der Waals surface area (Å²) in [7, 11) is 1.87. The van der Waals surface area contributed by atoms with Crippen LogP contribution in [-0.2, 0) is 0 Å². The van der Waals surface area contributed by atoms with Gasteiger partial charge in [-0.2, -0.15) is 0 Å². The van der Waals surface area contributed by atoms with Gasteiger partial charge in [-0.15, -0.1) is 0 Å². The van der Waals surface area contributed by atoms with Crippen molar-refractivity contribution in [1.82, 2.24) is 9.97 Å². The Bertz CT molecular complexity index is 613. The lowest BCUT2D eigenvalue weighted by atomic mass is 10.1. The predicted octanol–water partition coefficient (Wildman–Crippen LogP) is 4.07. The molecule has 0 bridgehead atoms. The van der Waals surface area contributed by atoms with E-state index in [1.54, 1.807) is 0 Å². The average molecular weight is 335 g/mol. The quantitative estimate of drug-likeness (QED) is 0.884. The highest BCUT2D eigenvalue weighted by Gasteiger charge is 2.12.